The van der Waals surface area contributed by atoms with Gasteiger partial charge in [-0.1, -0.05) is 25.6 Å². The number of hydrogen-bond acceptors (Lipinski definition) is 3. The zero-order valence-electron chi connectivity index (χ0n) is 16.4. The van der Waals surface area contributed by atoms with E-state index in [9.17, 15) is 18.4 Å². The predicted octanol–water partition coefficient (Wildman–Crippen LogP) is 5.95. The number of hydrogen-bond donors (Lipinski definition) is 0. The number of alkyl halides is 3. The Morgan fingerprint density at radius 3 is 2.80 bits per heavy atom. The average molecular weight is 411 g/mol. The lowest BCUT2D eigenvalue weighted by Gasteiger charge is -2.09. The number of benzene rings is 1. The fourth-order valence-corrected chi connectivity index (χ4v) is 3.06. The minimum Gasteiger partial charge on any atom is -0.493 e. The van der Waals surface area contributed by atoms with E-state index in [2.05, 4.69) is 17.6 Å². The van der Waals surface area contributed by atoms with Gasteiger partial charge in [-0.15, -0.1) is 0 Å². The van der Waals surface area contributed by atoms with E-state index < -0.39 is 11.7 Å². The average Bonchev–Trinajstić information content (AvgIpc) is 3.07. The van der Waals surface area contributed by atoms with E-state index in [1.165, 1.54) is 6.07 Å². The predicted molar refractivity (Wildman–Crippen MR) is 109 cm³/mol. The molecule has 3 rings (SSSR count). The highest BCUT2D eigenvalue weighted by Gasteiger charge is 2.30. The van der Waals surface area contributed by atoms with Crippen LogP contribution in [0.1, 0.15) is 30.0 Å². The molecule has 0 aliphatic heterocycles. The Labute approximate surface area is 172 Å². The number of nitrogens with zero attached hydrogens (tertiary/aromatic N) is 3. The maximum absolute atomic E-state index is 13.0. The van der Waals surface area contributed by atoms with E-state index >= 15 is 0 Å². The summed E-state index contributed by atoms with van der Waals surface area (Å²) in [5.41, 5.74) is 1.41. The number of allylic oxidation sites excluding steroid dienone is 1. The van der Waals surface area contributed by atoms with Gasteiger partial charge in [-0.3, -0.25) is 0 Å². The Hall–Kier alpha value is -3.53. The molecule has 3 aromatic rings. The van der Waals surface area contributed by atoms with Crippen LogP contribution >= 0.6 is 0 Å². The summed E-state index contributed by atoms with van der Waals surface area (Å²) < 4.78 is 46.3. The number of aromatic nitrogens is 2. The summed E-state index contributed by atoms with van der Waals surface area (Å²) in [5, 5.41) is 10.3. The molecule has 4 nitrogen and oxygen atoms in total. The lowest BCUT2D eigenvalue weighted by atomic mass is 10.1. The molecular formula is C23H20F3N3O. The zero-order chi connectivity index (χ0) is 21.7. The van der Waals surface area contributed by atoms with Crippen molar-refractivity contribution in [3.05, 3.63) is 83.4 Å². The molecule has 0 atom stereocenters. The van der Waals surface area contributed by atoms with Crippen molar-refractivity contribution in [2.24, 2.45) is 0 Å². The van der Waals surface area contributed by atoms with E-state index in [1.54, 1.807) is 35.2 Å². The molecule has 0 aliphatic rings. The normalized spacial score (nSPS) is 12.0. The number of halogens is 3. The molecule has 7 heteroatoms. The van der Waals surface area contributed by atoms with Crippen LogP contribution in [0.25, 0.3) is 17.1 Å². The van der Waals surface area contributed by atoms with Crippen LogP contribution in [0.5, 0.6) is 0 Å². The van der Waals surface area contributed by atoms with Crippen molar-refractivity contribution in [1.82, 2.24) is 9.55 Å². The Kier molecular flexibility index (Phi) is 6.26. The van der Waals surface area contributed by atoms with Crippen LogP contribution in [0.15, 0.2) is 66.7 Å². The number of pyridine rings is 1. The van der Waals surface area contributed by atoms with Crippen LogP contribution in [-0.4, -0.2) is 16.2 Å². The van der Waals surface area contributed by atoms with Crippen LogP contribution in [0.4, 0.5) is 13.2 Å². The molecule has 0 saturated carbocycles. The maximum Gasteiger partial charge on any atom is 0.416 e. The SMILES string of the molecule is C=C(OCCC)/C(C#N)=C/c1cn(Cc2cccc(C(F)(F)F)c2)c2ncccc12. The third-order valence-corrected chi connectivity index (χ3v) is 4.47. The van der Waals surface area contributed by atoms with Gasteiger partial charge in [0.15, 0.2) is 0 Å². The highest BCUT2D eigenvalue weighted by Crippen LogP contribution is 2.30. The Bertz CT molecular complexity index is 1140. The van der Waals surface area contributed by atoms with Crippen LogP contribution in [0, 0.1) is 11.3 Å². The molecule has 0 aliphatic carbocycles. The Morgan fingerprint density at radius 1 is 1.30 bits per heavy atom. The van der Waals surface area contributed by atoms with Crippen LogP contribution in [0.3, 0.4) is 0 Å². The van der Waals surface area contributed by atoms with Gasteiger partial charge in [0, 0.05) is 29.9 Å². The van der Waals surface area contributed by atoms with Crippen molar-refractivity contribution in [2.75, 3.05) is 6.61 Å². The highest BCUT2D eigenvalue weighted by atomic mass is 19.4. The van der Waals surface area contributed by atoms with E-state index in [0.717, 1.165) is 23.9 Å². The molecule has 30 heavy (non-hydrogen) atoms. The molecular weight excluding hydrogens is 391 g/mol. The summed E-state index contributed by atoms with van der Waals surface area (Å²) in [6.07, 6.45) is 1.43. The molecule has 0 saturated heterocycles. The van der Waals surface area contributed by atoms with E-state index in [1.807, 2.05) is 13.0 Å². The molecule has 154 valence electrons. The van der Waals surface area contributed by atoms with Gasteiger partial charge in [0.1, 0.15) is 17.5 Å². The summed E-state index contributed by atoms with van der Waals surface area (Å²) in [6, 6.07) is 10.9. The lowest BCUT2D eigenvalue weighted by Crippen LogP contribution is -2.06. The van der Waals surface area contributed by atoms with Crippen molar-refractivity contribution in [2.45, 2.75) is 26.1 Å². The number of ether oxygens (including phenoxy) is 1. The van der Waals surface area contributed by atoms with Gasteiger partial charge in [0.2, 0.25) is 0 Å². The maximum atomic E-state index is 13.0. The first-order valence-corrected chi connectivity index (χ1v) is 9.37. The molecule has 2 aromatic heterocycles. The third-order valence-electron chi connectivity index (χ3n) is 4.47. The fraction of sp³-hybridized carbons (Fsp3) is 0.217. The van der Waals surface area contributed by atoms with Gasteiger partial charge in [-0.05, 0) is 42.3 Å². The molecule has 0 radical (unpaired) electrons. The molecule has 0 unspecified atom stereocenters. The first kappa shape index (κ1) is 21.2. The summed E-state index contributed by atoms with van der Waals surface area (Å²) in [7, 11) is 0. The number of nitriles is 1. The number of fused-ring (bicyclic) bond motifs is 1. The van der Waals surface area contributed by atoms with Gasteiger partial charge in [-0.2, -0.15) is 18.4 Å². The standard InChI is InChI=1S/C23H20F3N3O/c1-3-10-30-16(2)18(13-27)12-19-15-29(22-21(19)8-5-9-28-22)14-17-6-4-7-20(11-17)23(24,25)26/h4-9,11-12,15H,2-3,10,14H2,1H3/b18-12+. The smallest absolute Gasteiger partial charge is 0.416 e. The van der Waals surface area contributed by atoms with Gasteiger partial charge >= 0.3 is 6.18 Å². The van der Waals surface area contributed by atoms with Crippen molar-refractivity contribution >= 4 is 17.1 Å². The van der Waals surface area contributed by atoms with Crippen molar-refractivity contribution in [3.8, 4) is 6.07 Å². The van der Waals surface area contributed by atoms with Crippen LogP contribution < -0.4 is 0 Å². The van der Waals surface area contributed by atoms with Gasteiger partial charge < -0.3 is 9.30 Å². The number of rotatable bonds is 7. The van der Waals surface area contributed by atoms with E-state index in [0.29, 0.717) is 23.4 Å². The lowest BCUT2D eigenvalue weighted by molar-refractivity contribution is -0.137. The summed E-state index contributed by atoms with van der Waals surface area (Å²) in [5.74, 6) is 0.280. The molecule has 0 fully saturated rings. The monoisotopic (exact) mass is 411 g/mol. The van der Waals surface area contributed by atoms with Crippen LogP contribution in [0.2, 0.25) is 0 Å². The minimum atomic E-state index is -4.40. The summed E-state index contributed by atoms with van der Waals surface area (Å²) in [6.45, 7) is 6.42. The first-order chi connectivity index (χ1) is 14.3. The second-order valence-corrected chi connectivity index (χ2v) is 6.73. The van der Waals surface area contributed by atoms with Gasteiger partial charge in [0.25, 0.3) is 0 Å². The van der Waals surface area contributed by atoms with Crippen molar-refractivity contribution < 1.29 is 17.9 Å². The molecule has 0 N–H and O–H groups in total. The Morgan fingerprint density at radius 2 is 2.10 bits per heavy atom. The van der Waals surface area contributed by atoms with Crippen LogP contribution in [-0.2, 0) is 17.5 Å². The fourth-order valence-electron chi connectivity index (χ4n) is 3.06. The van der Waals surface area contributed by atoms with Gasteiger partial charge in [-0.25, -0.2) is 4.98 Å². The van der Waals surface area contributed by atoms with E-state index in [4.69, 9.17) is 4.74 Å². The largest absolute Gasteiger partial charge is 0.493 e. The third kappa shape index (κ3) is 4.71. The molecule has 0 spiro atoms. The first-order valence-electron chi connectivity index (χ1n) is 9.37. The zero-order valence-corrected chi connectivity index (χ0v) is 16.4. The minimum absolute atomic E-state index is 0.209. The topological polar surface area (TPSA) is 50.8 Å². The highest BCUT2D eigenvalue weighted by molar-refractivity contribution is 5.88. The van der Waals surface area contributed by atoms with Crippen molar-refractivity contribution in [3.63, 3.8) is 0 Å². The van der Waals surface area contributed by atoms with Crippen molar-refractivity contribution in [1.29, 1.82) is 5.26 Å². The van der Waals surface area contributed by atoms with Gasteiger partial charge in [0.05, 0.1) is 17.7 Å². The molecule has 2 heterocycles. The Balaban J connectivity index is 2.00. The van der Waals surface area contributed by atoms with E-state index in [-0.39, 0.29) is 17.9 Å². The quantitative estimate of drug-likeness (QED) is 0.274. The second-order valence-electron chi connectivity index (χ2n) is 6.73. The molecule has 0 bridgehead atoms. The summed E-state index contributed by atoms with van der Waals surface area (Å²) >= 11 is 0. The second kappa shape index (κ2) is 8.87. The molecule has 0 amide bonds. The summed E-state index contributed by atoms with van der Waals surface area (Å²) in [4.78, 5) is 4.37. The molecule has 1 aromatic carbocycles.